The van der Waals surface area contributed by atoms with Gasteiger partial charge in [0.05, 0.1) is 43.2 Å². The van der Waals surface area contributed by atoms with Crippen molar-refractivity contribution >= 4 is 17.2 Å². The maximum absolute atomic E-state index is 14.0. The van der Waals surface area contributed by atoms with E-state index in [0.717, 1.165) is 35.4 Å². The van der Waals surface area contributed by atoms with Gasteiger partial charge in [0.2, 0.25) is 0 Å². The number of amides is 1. The third-order valence-electron chi connectivity index (χ3n) is 10.2. The molecule has 230 valence electrons. The highest BCUT2D eigenvalue weighted by atomic mass is 16.5. The number of methoxy groups -OCH3 is 1. The molecule has 1 atom stereocenters. The van der Waals surface area contributed by atoms with Crippen molar-refractivity contribution < 1.29 is 24.1 Å². The molecule has 0 aliphatic carbocycles. The molecule has 7 heteroatoms. The van der Waals surface area contributed by atoms with E-state index >= 15 is 0 Å². The third-order valence-corrected chi connectivity index (χ3v) is 10.2. The van der Waals surface area contributed by atoms with Crippen LogP contribution >= 0.6 is 0 Å². The van der Waals surface area contributed by atoms with Gasteiger partial charge in [-0.25, -0.2) is 0 Å². The lowest BCUT2D eigenvalue weighted by atomic mass is 9.67. The highest BCUT2D eigenvalue weighted by Gasteiger charge is 2.39. The molecular weight excluding hydrogens is 528 g/mol. The smallest absolute Gasteiger partial charge is 0.260 e. The van der Waals surface area contributed by atoms with E-state index in [0.29, 0.717) is 30.2 Å². The van der Waals surface area contributed by atoms with Crippen LogP contribution in [0.2, 0.25) is 0 Å². The number of nitrogens with zero attached hydrogens (tertiary/aromatic N) is 1. The number of hydrogen-bond acceptors (Lipinski definition) is 6. The number of rotatable bonds is 11. The molecule has 7 nitrogen and oxygen atoms in total. The van der Waals surface area contributed by atoms with E-state index in [2.05, 4.69) is 39.9 Å². The topological polar surface area (TPSA) is 80.3 Å². The molecule has 0 bridgehead atoms. The number of aliphatic hydroxyl groups is 1. The van der Waals surface area contributed by atoms with Crippen LogP contribution in [-0.4, -0.2) is 54.4 Å². The summed E-state index contributed by atoms with van der Waals surface area (Å²) in [6.45, 7) is 20.1. The predicted molar refractivity (Wildman–Crippen MR) is 169 cm³/mol. The maximum Gasteiger partial charge on any atom is 0.260 e. The van der Waals surface area contributed by atoms with Crippen LogP contribution in [0.25, 0.3) is 5.57 Å². The number of hydrogen-bond donors (Lipinski definition) is 2. The highest BCUT2D eigenvalue weighted by Crippen LogP contribution is 2.44. The summed E-state index contributed by atoms with van der Waals surface area (Å²) in [7, 11) is 1.66. The second-order valence-electron chi connectivity index (χ2n) is 14.3. The predicted octanol–water partition coefficient (Wildman–Crippen LogP) is 7.39. The van der Waals surface area contributed by atoms with Crippen molar-refractivity contribution in [2.75, 3.05) is 32.2 Å². The fourth-order valence-corrected chi connectivity index (χ4v) is 4.91. The average molecular weight is 579 g/mol. The van der Waals surface area contributed by atoms with E-state index in [4.69, 9.17) is 14.2 Å². The van der Waals surface area contributed by atoms with Crippen LogP contribution in [-0.2, 0) is 0 Å². The molecule has 2 aromatic rings. The minimum absolute atomic E-state index is 0.00542. The van der Waals surface area contributed by atoms with Gasteiger partial charge in [0.25, 0.3) is 5.91 Å². The standard InChI is InChI=1S/C35H50N2O5/c1-11-32(2,3)33(4,5)21-41-30-18-28-27(17-29(30)42-22-34(6,7)35(8,9)39)31(38)37-20-24(16-25(37)19-36-28)23-12-14-26(40-10)15-13-23/h12-15,17-18,20,25,36,39H,11,16,19,21-22H2,1-10H3. The largest absolute Gasteiger partial charge is 0.497 e. The molecule has 2 aliphatic heterocycles. The van der Waals surface area contributed by atoms with Crippen molar-refractivity contribution in [2.45, 2.75) is 86.8 Å². The van der Waals surface area contributed by atoms with Crippen LogP contribution in [0.4, 0.5) is 5.69 Å². The Morgan fingerprint density at radius 3 is 2.07 bits per heavy atom. The Balaban J connectivity index is 1.67. The zero-order chi connectivity index (χ0) is 31.1. The van der Waals surface area contributed by atoms with Crippen molar-refractivity contribution in [1.29, 1.82) is 0 Å². The summed E-state index contributed by atoms with van der Waals surface area (Å²) < 4.78 is 18.2. The van der Waals surface area contributed by atoms with E-state index in [-0.39, 0.29) is 29.4 Å². The van der Waals surface area contributed by atoms with Crippen molar-refractivity contribution in [3.63, 3.8) is 0 Å². The maximum atomic E-state index is 14.0. The quantitative estimate of drug-likeness (QED) is 0.289. The lowest BCUT2D eigenvalue weighted by molar-refractivity contribution is -0.0576. The Kier molecular flexibility index (Phi) is 8.67. The number of carbonyl (C=O) groups is 1. The van der Waals surface area contributed by atoms with Gasteiger partial charge < -0.3 is 29.5 Å². The van der Waals surface area contributed by atoms with Gasteiger partial charge in [-0.1, -0.05) is 67.0 Å². The first-order chi connectivity index (χ1) is 19.5. The van der Waals surface area contributed by atoms with Gasteiger partial charge in [-0.05, 0) is 55.0 Å². The lowest BCUT2D eigenvalue weighted by Gasteiger charge is -2.41. The molecule has 2 aromatic carbocycles. The van der Waals surface area contributed by atoms with Crippen LogP contribution in [0.3, 0.4) is 0 Å². The Morgan fingerprint density at radius 1 is 0.905 bits per heavy atom. The second kappa shape index (κ2) is 11.5. The van der Waals surface area contributed by atoms with Crippen molar-refractivity contribution in [2.24, 2.45) is 16.2 Å². The Hall–Kier alpha value is -3.19. The second-order valence-corrected chi connectivity index (χ2v) is 14.3. The number of ether oxygens (including phenoxy) is 3. The summed E-state index contributed by atoms with van der Waals surface area (Å²) in [6.07, 6.45) is 3.76. The molecule has 0 saturated heterocycles. The van der Waals surface area contributed by atoms with Gasteiger partial charge >= 0.3 is 0 Å². The van der Waals surface area contributed by atoms with E-state index in [1.165, 1.54) is 0 Å². The highest BCUT2D eigenvalue weighted by molar-refractivity contribution is 6.03. The van der Waals surface area contributed by atoms with Crippen molar-refractivity contribution in [1.82, 2.24) is 4.90 Å². The summed E-state index contributed by atoms with van der Waals surface area (Å²) in [5.41, 5.74) is 1.94. The van der Waals surface area contributed by atoms with Gasteiger partial charge in [-0.15, -0.1) is 0 Å². The number of benzene rings is 2. The third kappa shape index (κ3) is 6.26. The fraction of sp³-hybridized carbons (Fsp3) is 0.571. The Bertz CT molecular complexity index is 1320. The molecule has 0 radical (unpaired) electrons. The van der Waals surface area contributed by atoms with Crippen LogP contribution in [0.1, 0.15) is 91.1 Å². The van der Waals surface area contributed by atoms with Gasteiger partial charge in [0, 0.05) is 29.6 Å². The number of fused-ring (bicyclic) bond motifs is 2. The summed E-state index contributed by atoms with van der Waals surface area (Å²) in [4.78, 5) is 15.8. The number of carbonyl (C=O) groups excluding carboxylic acids is 1. The van der Waals surface area contributed by atoms with E-state index in [9.17, 15) is 9.90 Å². The summed E-state index contributed by atoms with van der Waals surface area (Å²) >= 11 is 0. The Labute approximate surface area is 252 Å². The average Bonchev–Trinajstić information content (AvgIpc) is 3.32. The Morgan fingerprint density at radius 2 is 1.50 bits per heavy atom. The fourth-order valence-electron chi connectivity index (χ4n) is 4.91. The number of anilines is 1. The van der Waals surface area contributed by atoms with E-state index < -0.39 is 11.0 Å². The first-order valence-electron chi connectivity index (χ1n) is 15.1. The normalized spacial score (nSPS) is 17.6. The molecule has 2 heterocycles. The minimum atomic E-state index is -0.963. The van der Waals surface area contributed by atoms with E-state index in [1.807, 2.05) is 55.3 Å². The van der Waals surface area contributed by atoms with Crippen molar-refractivity contribution in [3.05, 3.63) is 53.7 Å². The molecule has 0 spiro atoms. The molecule has 1 amide bonds. The van der Waals surface area contributed by atoms with Crippen LogP contribution < -0.4 is 19.5 Å². The molecular formula is C35H50N2O5. The molecule has 4 rings (SSSR count). The SMILES string of the molecule is CCC(C)(C)C(C)(C)COc1cc2c(cc1OCC(C)(C)C(C)(C)O)C(=O)N1C=C(c3ccc(OC)cc3)CC1CN2. The summed E-state index contributed by atoms with van der Waals surface area (Å²) in [6, 6.07) is 11.7. The zero-order valence-electron chi connectivity index (χ0n) is 27.2. The monoisotopic (exact) mass is 578 g/mol. The van der Waals surface area contributed by atoms with E-state index in [1.54, 1.807) is 27.0 Å². The van der Waals surface area contributed by atoms with Gasteiger partial charge in [-0.2, -0.15) is 0 Å². The minimum Gasteiger partial charge on any atom is -0.497 e. The molecule has 1 unspecified atom stereocenters. The summed E-state index contributed by atoms with van der Waals surface area (Å²) in [5, 5.41) is 14.3. The molecule has 0 fully saturated rings. The molecule has 2 N–H and O–H groups in total. The van der Waals surface area contributed by atoms with Gasteiger partial charge in [0.15, 0.2) is 11.5 Å². The first kappa shape index (κ1) is 31.7. The van der Waals surface area contributed by atoms with Crippen molar-refractivity contribution in [3.8, 4) is 17.2 Å². The molecule has 42 heavy (non-hydrogen) atoms. The molecule has 0 aromatic heterocycles. The summed E-state index contributed by atoms with van der Waals surface area (Å²) in [5.74, 6) is 1.83. The van der Waals surface area contributed by atoms with Crippen LogP contribution in [0.15, 0.2) is 42.6 Å². The lowest BCUT2D eigenvalue weighted by Crippen LogP contribution is -2.43. The van der Waals surface area contributed by atoms with Crippen LogP contribution in [0.5, 0.6) is 17.2 Å². The van der Waals surface area contributed by atoms with Gasteiger partial charge in [0.1, 0.15) is 5.75 Å². The van der Waals surface area contributed by atoms with Crippen LogP contribution in [0, 0.1) is 16.2 Å². The van der Waals surface area contributed by atoms with Gasteiger partial charge in [-0.3, -0.25) is 4.79 Å². The molecule has 0 saturated carbocycles. The zero-order valence-corrected chi connectivity index (χ0v) is 27.2. The molecule has 2 aliphatic rings. The first-order valence-corrected chi connectivity index (χ1v) is 15.1. The number of nitrogens with one attached hydrogen (secondary N) is 1.